The maximum absolute atomic E-state index is 14.5. The Hall–Kier alpha value is -1.76. The van der Waals surface area contributed by atoms with Crippen molar-refractivity contribution in [3.05, 3.63) is 35.4 Å². The number of alkyl halides is 4. The molecule has 0 N–H and O–H groups in total. The first-order valence-electron chi connectivity index (χ1n) is 6.94. The quantitative estimate of drug-likeness (QED) is 0.586. The Morgan fingerprint density at radius 2 is 2.04 bits per heavy atom. The Morgan fingerprint density at radius 3 is 2.57 bits per heavy atom. The third-order valence-corrected chi connectivity index (χ3v) is 3.98. The van der Waals surface area contributed by atoms with Gasteiger partial charge in [0.2, 0.25) is 0 Å². The van der Waals surface area contributed by atoms with Crippen LogP contribution in [-0.4, -0.2) is 16.7 Å². The topological polar surface area (TPSA) is 27.1 Å². The van der Waals surface area contributed by atoms with Crippen LogP contribution in [-0.2, 0) is 12.1 Å². The van der Waals surface area contributed by atoms with Crippen molar-refractivity contribution in [2.75, 3.05) is 7.11 Å². The molecule has 0 atom stereocenters. The molecule has 0 saturated heterocycles. The van der Waals surface area contributed by atoms with Gasteiger partial charge in [-0.15, -0.1) is 11.6 Å². The number of aromatic nitrogens is 2. The molecule has 0 aliphatic heterocycles. The lowest BCUT2D eigenvalue weighted by molar-refractivity contribution is -0.140. The Labute approximate surface area is 134 Å². The smallest absolute Gasteiger partial charge is 0.434 e. The Bertz CT molecular complexity index is 738. The summed E-state index contributed by atoms with van der Waals surface area (Å²) < 4.78 is 59.9. The maximum atomic E-state index is 14.5. The van der Waals surface area contributed by atoms with Crippen LogP contribution in [0.15, 0.2) is 18.3 Å². The Morgan fingerprint density at radius 1 is 1.35 bits per heavy atom. The van der Waals surface area contributed by atoms with Crippen LogP contribution >= 0.6 is 11.6 Å². The molecule has 0 unspecified atom stereocenters. The van der Waals surface area contributed by atoms with Gasteiger partial charge in [0, 0.05) is 18.1 Å². The molecule has 1 fully saturated rings. The predicted molar refractivity (Wildman–Crippen MR) is 77.0 cm³/mol. The van der Waals surface area contributed by atoms with E-state index < -0.39 is 17.7 Å². The first-order valence-corrected chi connectivity index (χ1v) is 7.47. The van der Waals surface area contributed by atoms with Crippen molar-refractivity contribution in [3.8, 4) is 17.1 Å². The first kappa shape index (κ1) is 16.1. The van der Waals surface area contributed by atoms with Crippen LogP contribution in [0.2, 0.25) is 0 Å². The summed E-state index contributed by atoms with van der Waals surface area (Å²) in [6.45, 7) is 0. The molecule has 1 aliphatic carbocycles. The van der Waals surface area contributed by atoms with Crippen molar-refractivity contribution in [1.82, 2.24) is 9.55 Å². The number of methoxy groups -OCH3 is 1. The van der Waals surface area contributed by atoms with Crippen molar-refractivity contribution < 1.29 is 22.3 Å². The molecule has 3 nitrogen and oxygen atoms in total. The molecule has 23 heavy (non-hydrogen) atoms. The normalized spacial score (nSPS) is 15.0. The van der Waals surface area contributed by atoms with Crippen LogP contribution in [0.1, 0.15) is 30.1 Å². The van der Waals surface area contributed by atoms with Gasteiger partial charge in [-0.2, -0.15) is 13.2 Å². The summed E-state index contributed by atoms with van der Waals surface area (Å²) in [6, 6.07) is 2.60. The van der Waals surface area contributed by atoms with Gasteiger partial charge in [-0.3, -0.25) is 0 Å². The monoisotopic (exact) mass is 348 g/mol. The van der Waals surface area contributed by atoms with E-state index in [0.29, 0.717) is 5.56 Å². The predicted octanol–water partition coefficient (Wildman–Crippen LogP) is 4.79. The van der Waals surface area contributed by atoms with Crippen molar-refractivity contribution in [2.24, 2.45) is 0 Å². The summed E-state index contributed by atoms with van der Waals surface area (Å²) in [5.41, 5.74) is -0.642. The fourth-order valence-corrected chi connectivity index (χ4v) is 2.59. The van der Waals surface area contributed by atoms with E-state index in [0.717, 1.165) is 19.0 Å². The molecule has 0 spiro atoms. The zero-order chi connectivity index (χ0) is 16.8. The lowest BCUT2D eigenvalue weighted by Crippen LogP contribution is -2.05. The van der Waals surface area contributed by atoms with Crippen molar-refractivity contribution >= 4 is 11.6 Å². The van der Waals surface area contributed by atoms with E-state index >= 15 is 0 Å². The van der Waals surface area contributed by atoms with Gasteiger partial charge in [-0.1, -0.05) is 0 Å². The number of halogens is 5. The second-order valence-corrected chi connectivity index (χ2v) is 5.64. The summed E-state index contributed by atoms with van der Waals surface area (Å²) in [5, 5.41) is 0. The molecule has 1 aromatic carbocycles. The Balaban J connectivity index is 2.20. The van der Waals surface area contributed by atoms with E-state index in [2.05, 4.69) is 4.98 Å². The van der Waals surface area contributed by atoms with Crippen LogP contribution in [0, 0.1) is 5.82 Å². The van der Waals surface area contributed by atoms with E-state index in [1.165, 1.54) is 23.8 Å². The largest absolute Gasteiger partial charge is 0.496 e. The zero-order valence-electron chi connectivity index (χ0n) is 12.1. The highest BCUT2D eigenvalue weighted by Crippen LogP contribution is 2.43. The van der Waals surface area contributed by atoms with Gasteiger partial charge in [0.15, 0.2) is 5.69 Å². The summed E-state index contributed by atoms with van der Waals surface area (Å²) in [6.07, 6.45) is -2.18. The van der Waals surface area contributed by atoms with Gasteiger partial charge in [0.1, 0.15) is 17.4 Å². The summed E-state index contributed by atoms with van der Waals surface area (Å²) in [5.74, 6) is -0.600. The number of ether oxygens (including phenoxy) is 1. The lowest BCUT2D eigenvalue weighted by atomic mass is 10.1. The van der Waals surface area contributed by atoms with Gasteiger partial charge in [-0.05, 0) is 30.5 Å². The van der Waals surface area contributed by atoms with E-state index in [4.69, 9.17) is 16.3 Å². The summed E-state index contributed by atoms with van der Waals surface area (Å²) in [7, 11) is 1.32. The molecule has 1 aliphatic rings. The number of rotatable bonds is 4. The third-order valence-electron chi connectivity index (χ3n) is 3.67. The number of benzene rings is 1. The molecule has 3 rings (SSSR count). The van der Waals surface area contributed by atoms with Crippen LogP contribution in [0.4, 0.5) is 17.6 Å². The van der Waals surface area contributed by atoms with Gasteiger partial charge in [0.25, 0.3) is 0 Å². The third kappa shape index (κ3) is 3.02. The van der Waals surface area contributed by atoms with Crippen LogP contribution in [0.25, 0.3) is 11.4 Å². The van der Waals surface area contributed by atoms with Gasteiger partial charge in [0.05, 0.1) is 12.7 Å². The number of hydrogen-bond donors (Lipinski definition) is 0. The van der Waals surface area contributed by atoms with Crippen LogP contribution in [0.3, 0.4) is 0 Å². The highest BCUT2D eigenvalue weighted by atomic mass is 35.5. The molecular weight excluding hydrogens is 336 g/mol. The zero-order valence-corrected chi connectivity index (χ0v) is 12.9. The molecule has 8 heteroatoms. The Kier molecular flexibility index (Phi) is 4.00. The van der Waals surface area contributed by atoms with E-state index in [-0.39, 0.29) is 29.1 Å². The molecule has 124 valence electrons. The van der Waals surface area contributed by atoms with E-state index in [9.17, 15) is 17.6 Å². The summed E-state index contributed by atoms with van der Waals surface area (Å²) >= 11 is 5.69. The average Bonchev–Trinajstić information content (AvgIpc) is 3.24. The highest BCUT2D eigenvalue weighted by molar-refractivity contribution is 6.17. The van der Waals surface area contributed by atoms with Gasteiger partial charge in [-0.25, -0.2) is 9.37 Å². The molecule has 1 heterocycles. The van der Waals surface area contributed by atoms with Crippen LogP contribution in [0.5, 0.6) is 5.75 Å². The maximum Gasteiger partial charge on any atom is 0.434 e. The molecule has 1 aromatic heterocycles. The van der Waals surface area contributed by atoms with E-state index in [1.54, 1.807) is 0 Å². The number of hydrogen-bond acceptors (Lipinski definition) is 2. The first-order chi connectivity index (χ1) is 10.8. The number of nitrogens with zero attached hydrogens (tertiary/aromatic N) is 2. The van der Waals surface area contributed by atoms with Gasteiger partial charge < -0.3 is 9.30 Å². The van der Waals surface area contributed by atoms with Crippen molar-refractivity contribution in [3.63, 3.8) is 0 Å². The fraction of sp³-hybridized carbons (Fsp3) is 0.400. The molecule has 2 aromatic rings. The minimum absolute atomic E-state index is 0.0679. The molecule has 0 bridgehead atoms. The standard InChI is InChI=1S/C15H13ClF4N2O/c1-23-11-5-8(6-16)4-10(17)13(11)14-21-12(15(18,19)20)7-22(14)9-2-3-9/h4-5,7,9H,2-3,6H2,1H3. The average molecular weight is 349 g/mol. The molecule has 1 saturated carbocycles. The highest BCUT2D eigenvalue weighted by Gasteiger charge is 2.38. The second-order valence-electron chi connectivity index (χ2n) is 5.37. The number of imidazole rings is 1. The van der Waals surface area contributed by atoms with Crippen molar-refractivity contribution in [2.45, 2.75) is 30.9 Å². The second kappa shape index (κ2) is 5.70. The van der Waals surface area contributed by atoms with Crippen LogP contribution < -0.4 is 4.74 Å². The van der Waals surface area contributed by atoms with E-state index in [1.807, 2.05) is 0 Å². The summed E-state index contributed by atoms with van der Waals surface area (Å²) in [4.78, 5) is 3.62. The minimum Gasteiger partial charge on any atom is -0.496 e. The fourth-order valence-electron chi connectivity index (χ4n) is 2.44. The SMILES string of the molecule is COc1cc(CCl)cc(F)c1-c1nc(C(F)(F)F)cn1C1CC1. The van der Waals surface area contributed by atoms with Gasteiger partial charge >= 0.3 is 6.18 Å². The van der Waals surface area contributed by atoms with Crippen molar-refractivity contribution in [1.29, 1.82) is 0 Å². The molecule has 0 amide bonds. The molecule has 0 radical (unpaired) electrons. The lowest BCUT2D eigenvalue weighted by Gasteiger charge is -2.12. The minimum atomic E-state index is -4.59. The molecular formula is C15H13ClF4N2O.